The fraction of sp³-hybridized carbons (Fsp3) is 0. The van der Waals surface area contributed by atoms with E-state index >= 15 is 0 Å². The maximum Gasteiger partial charge on any atom is 0.234 e. The van der Waals surface area contributed by atoms with Gasteiger partial charge < -0.3 is 4.52 Å². The maximum absolute atomic E-state index is 5.71. The molecule has 0 amide bonds. The third-order valence-electron chi connectivity index (χ3n) is 1.54. The van der Waals surface area contributed by atoms with E-state index in [-0.39, 0.29) is 5.22 Å². The molecule has 2 nitrogen and oxygen atoms in total. The summed E-state index contributed by atoms with van der Waals surface area (Å²) in [5.74, 6) is 0. The summed E-state index contributed by atoms with van der Waals surface area (Å²) in [6, 6.07) is 9.63. The second-order valence-electron chi connectivity index (χ2n) is 2.31. The van der Waals surface area contributed by atoms with Gasteiger partial charge in [-0.1, -0.05) is 35.5 Å². The van der Waals surface area contributed by atoms with Crippen molar-refractivity contribution in [1.82, 2.24) is 5.16 Å². The van der Waals surface area contributed by atoms with E-state index in [1.165, 1.54) is 0 Å². The Balaban J connectivity index is 2.51. The first-order valence-corrected chi connectivity index (χ1v) is 3.84. The molecule has 0 fully saturated rings. The lowest BCUT2D eigenvalue weighted by Crippen LogP contribution is -1.72. The van der Waals surface area contributed by atoms with E-state index < -0.39 is 0 Å². The first-order valence-electron chi connectivity index (χ1n) is 3.46. The van der Waals surface area contributed by atoms with Gasteiger partial charge in [0.15, 0.2) is 0 Å². The van der Waals surface area contributed by atoms with Crippen molar-refractivity contribution >= 4 is 11.6 Å². The summed E-state index contributed by atoms with van der Waals surface area (Å²) in [6.45, 7) is 0. The molecule has 2 rings (SSSR count). The summed E-state index contributed by atoms with van der Waals surface area (Å²) in [7, 11) is 0. The Hall–Kier alpha value is -1.28. The smallest absolute Gasteiger partial charge is 0.234 e. The van der Waals surface area contributed by atoms with E-state index in [4.69, 9.17) is 11.6 Å². The van der Waals surface area contributed by atoms with Gasteiger partial charge in [-0.05, 0) is 17.2 Å². The lowest BCUT2D eigenvalue weighted by molar-refractivity contribution is 0.420. The molecule has 0 aliphatic rings. The minimum Gasteiger partial charge on any atom is -0.343 e. The van der Waals surface area contributed by atoms with E-state index in [1.54, 1.807) is 0 Å². The SMILES string of the molecule is Clc1on[c]c1-c1ccccc1. The van der Waals surface area contributed by atoms with Crippen LogP contribution in [-0.2, 0) is 0 Å². The van der Waals surface area contributed by atoms with Gasteiger partial charge in [0.2, 0.25) is 5.22 Å². The molecule has 0 saturated heterocycles. The second kappa shape index (κ2) is 2.99. The van der Waals surface area contributed by atoms with Crippen LogP contribution in [0, 0.1) is 6.20 Å². The number of halogens is 1. The van der Waals surface area contributed by atoms with Crippen molar-refractivity contribution in [2.45, 2.75) is 0 Å². The van der Waals surface area contributed by atoms with Crippen molar-refractivity contribution in [3.63, 3.8) is 0 Å². The quantitative estimate of drug-likeness (QED) is 0.671. The van der Waals surface area contributed by atoms with Crippen LogP contribution in [0.3, 0.4) is 0 Å². The van der Waals surface area contributed by atoms with Crippen LogP contribution in [-0.4, -0.2) is 5.16 Å². The van der Waals surface area contributed by atoms with Gasteiger partial charge in [0, 0.05) is 0 Å². The summed E-state index contributed by atoms with van der Waals surface area (Å²) >= 11 is 5.71. The van der Waals surface area contributed by atoms with Crippen molar-refractivity contribution in [3.05, 3.63) is 41.7 Å². The summed E-state index contributed by atoms with van der Waals surface area (Å²) in [5, 5.41) is 3.75. The fourth-order valence-electron chi connectivity index (χ4n) is 0.981. The highest BCUT2D eigenvalue weighted by atomic mass is 35.5. The average molecular weight is 179 g/mol. The lowest BCUT2D eigenvalue weighted by atomic mass is 10.1. The molecule has 0 aliphatic carbocycles. The zero-order valence-corrected chi connectivity index (χ0v) is 6.88. The minimum absolute atomic E-state index is 0.279. The third kappa shape index (κ3) is 1.21. The van der Waals surface area contributed by atoms with Crippen LogP contribution >= 0.6 is 11.6 Å². The Bertz CT molecular complexity index is 369. The fourth-order valence-corrected chi connectivity index (χ4v) is 1.17. The molecule has 59 valence electrons. The molecule has 1 heterocycles. The summed E-state index contributed by atoms with van der Waals surface area (Å²) < 4.78 is 4.68. The minimum atomic E-state index is 0.279. The van der Waals surface area contributed by atoms with Gasteiger partial charge in [0.05, 0.1) is 5.56 Å². The first kappa shape index (κ1) is 7.37. The third-order valence-corrected chi connectivity index (χ3v) is 1.80. The largest absolute Gasteiger partial charge is 0.343 e. The van der Waals surface area contributed by atoms with Crippen LogP contribution in [0.5, 0.6) is 0 Å². The van der Waals surface area contributed by atoms with Crippen LogP contribution in [0.1, 0.15) is 0 Å². The Morgan fingerprint density at radius 3 is 2.58 bits per heavy atom. The van der Waals surface area contributed by atoms with Crippen molar-refractivity contribution in [1.29, 1.82) is 0 Å². The van der Waals surface area contributed by atoms with E-state index in [0.29, 0.717) is 5.56 Å². The first-order chi connectivity index (χ1) is 5.88. The highest BCUT2D eigenvalue weighted by Gasteiger charge is 2.06. The molecule has 1 aromatic carbocycles. The second-order valence-corrected chi connectivity index (χ2v) is 2.65. The summed E-state index contributed by atoms with van der Waals surface area (Å²) in [6.07, 6.45) is 2.67. The summed E-state index contributed by atoms with van der Waals surface area (Å²) in [5.41, 5.74) is 1.67. The number of hydrogen-bond donors (Lipinski definition) is 0. The summed E-state index contributed by atoms with van der Waals surface area (Å²) in [4.78, 5) is 0. The number of benzene rings is 1. The number of aromatic nitrogens is 1. The van der Waals surface area contributed by atoms with Crippen molar-refractivity contribution < 1.29 is 4.52 Å². The van der Waals surface area contributed by atoms with E-state index in [9.17, 15) is 0 Å². The van der Waals surface area contributed by atoms with E-state index in [1.807, 2.05) is 30.3 Å². The zero-order valence-electron chi connectivity index (χ0n) is 6.12. The van der Waals surface area contributed by atoms with Gasteiger partial charge in [-0.2, -0.15) is 0 Å². The van der Waals surface area contributed by atoms with Gasteiger partial charge in [0.25, 0.3) is 0 Å². The van der Waals surface area contributed by atoms with Crippen molar-refractivity contribution in [2.75, 3.05) is 0 Å². The van der Waals surface area contributed by atoms with Crippen LogP contribution in [0.4, 0.5) is 0 Å². The topological polar surface area (TPSA) is 26.0 Å². The van der Waals surface area contributed by atoms with Gasteiger partial charge in [-0.3, -0.25) is 0 Å². The van der Waals surface area contributed by atoms with Crippen LogP contribution in [0.15, 0.2) is 34.9 Å². The zero-order chi connectivity index (χ0) is 8.39. The maximum atomic E-state index is 5.71. The Morgan fingerprint density at radius 1 is 1.25 bits per heavy atom. The standard InChI is InChI=1S/C9H5ClNO/c10-9-8(6-11-12-9)7-4-2-1-3-5-7/h1-5H. The Morgan fingerprint density at radius 2 is 2.00 bits per heavy atom. The molecule has 0 spiro atoms. The molecule has 12 heavy (non-hydrogen) atoms. The van der Waals surface area contributed by atoms with E-state index in [0.717, 1.165) is 5.56 Å². The van der Waals surface area contributed by atoms with Gasteiger partial charge >= 0.3 is 0 Å². The predicted octanol–water partition coefficient (Wildman–Crippen LogP) is 2.80. The normalized spacial score (nSPS) is 10.1. The molecular formula is C9H5ClNO. The predicted molar refractivity (Wildman–Crippen MR) is 45.8 cm³/mol. The molecule has 1 radical (unpaired) electrons. The van der Waals surface area contributed by atoms with E-state index in [2.05, 4.69) is 15.9 Å². The molecule has 1 aromatic heterocycles. The van der Waals surface area contributed by atoms with Crippen LogP contribution < -0.4 is 0 Å². The van der Waals surface area contributed by atoms with Crippen molar-refractivity contribution in [3.8, 4) is 11.1 Å². The molecule has 0 atom stereocenters. The Kier molecular flexibility index (Phi) is 1.84. The number of rotatable bonds is 1. The molecule has 0 N–H and O–H groups in total. The van der Waals surface area contributed by atoms with Gasteiger partial charge in [-0.15, -0.1) is 0 Å². The molecule has 0 unspecified atom stereocenters. The highest BCUT2D eigenvalue weighted by molar-refractivity contribution is 6.31. The van der Waals surface area contributed by atoms with Gasteiger partial charge in [0.1, 0.15) is 6.20 Å². The molecule has 0 aliphatic heterocycles. The van der Waals surface area contributed by atoms with Crippen LogP contribution in [0.25, 0.3) is 11.1 Å². The van der Waals surface area contributed by atoms with Gasteiger partial charge in [-0.25, -0.2) is 0 Å². The molecule has 0 bridgehead atoms. The lowest BCUT2D eigenvalue weighted by Gasteiger charge is -1.93. The number of hydrogen-bond acceptors (Lipinski definition) is 2. The number of nitrogens with zero attached hydrogens (tertiary/aromatic N) is 1. The average Bonchev–Trinajstić information content (AvgIpc) is 2.53. The molecule has 0 saturated carbocycles. The van der Waals surface area contributed by atoms with Crippen LogP contribution in [0.2, 0.25) is 5.22 Å². The van der Waals surface area contributed by atoms with Crippen molar-refractivity contribution in [2.24, 2.45) is 0 Å². The highest BCUT2D eigenvalue weighted by Crippen LogP contribution is 2.25. The molecular weight excluding hydrogens is 174 g/mol. The molecule has 3 heteroatoms. The Labute approximate surface area is 74.8 Å². The molecule has 2 aromatic rings. The monoisotopic (exact) mass is 178 g/mol.